The molecule has 3 nitrogen and oxygen atoms in total. The van der Waals surface area contributed by atoms with Crippen LogP contribution in [-0.2, 0) is 6.54 Å². The van der Waals surface area contributed by atoms with E-state index < -0.39 is 0 Å². The van der Waals surface area contributed by atoms with Gasteiger partial charge in [0.05, 0.1) is 16.6 Å². The molecule has 0 spiro atoms. The Labute approximate surface area is 92.1 Å². The van der Waals surface area contributed by atoms with Crippen LogP contribution in [0, 0.1) is 0 Å². The molecule has 1 aromatic rings. The van der Waals surface area contributed by atoms with E-state index in [0.717, 1.165) is 23.8 Å². The van der Waals surface area contributed by atoms with E-state index in [1.807, 2.05) is 12.1 Å². The first-order valence-corrected chi connectivity index (χ1v) is 5.84. The molecule has 0 amide bonds. The highest BCUT2D eigenvalue weighted by molar-refractivity contribution is 7.16. The highest BCUT2D eigenvalue weighted by atomic mass is 35.5. The second-order valence-electron chi connectivity index (χ2n) is 3.37. The van der Waals surface area contributed by atoms with Gasteiger partial charge in [-0.15, -0.1) is 11.3 Å². The normalized spacial score (nSPS) is 27.0. The average molecular weight is 233 g/mol. The lowest BCUT2D eigenvalue weighted by molar-refractivity contribution is 0.143. The van der Waals surface area contributed by atoms with Crippen molar-refractivity contribution in [2.24, 2.45) is 0 Å². The molecule has 3 N–H and O–H groups in total. The number of hydrogen-bond acceptors (Lipinski definition) is 4. The van der Waals surface area contributed by atoms with Crippen LogP contribution in [-0.4, -0.2) is 23.9 Å². The molecule has 14 heavy (non-hydrogen) atoms. The Morgan fingerprint density at radius 1 is 1.64 bits per heavy atom. The van der Waals surface area contributed by atoms with Gasteiger partial charge in [0.15, 0.2) is 0 Å². The number of halogens is 1. The third kappa shape index (κ3) is 2.46. The molecule has 2 rings (SSSR count). The zero-order valence-electron chi connectivity index (χ0n) is 7.66. The summed E-state index contributed by atoms with van der Waals surface area (Å²) in [4.78, 5) is 1.19. The third-order valence-corrected chi connectivity index (χ3v) is 3.55. The van der Waals surface area contributed by atoms with Gasteiger partial charge in [-0.2, -0.15) is 0 Å². The fourth-order valence-corrected chi connectivity index (χ4v) is 2.59. The fraction of sp³-hybridized carbons (Fsp3) is 0.556. The topological polar surface area (TPSA) is 44.3 Å². The van der Waals surface area contributed by atoms with Crippen LogP contribution in [0.5, 0.6) is 0 Å². The van der Waals surface area contributed by atoms with E-state index in [1.165, 1.54) is 4.88 Å². The van der Waals surface area contributed by atoms with Crippen LogP contribution in [0.15, 0.2) is 12.1 Å². The molecule has 5 heteroatoms. The van der Waals surface area contributed by atoms with Crippen molar-refractivity contribution < 1.29 is 5.11 Å². The Morgan fingerprint density at radius 2 is 2.50 bits per heavy atom. The van der Waals surface area contributed by atoms with E-state index in [1.54, 1.807) is 11.3 Å². The number of aliphatic hydroxyl groups excluding tert-OH is 1. The molecule has 1 saturated heterocycles. The molecule has 1 aliphatic rings. The van der Waals surface area contributed by atoms with Crippen molar-refractivity contribution in [2.45, 2.75) is 25.2 Å². The third-order valence-electron chi connectivity index (χ3n) is 2.31. The summed E-state index contributed by atoms with van der Waals surface area (Å²) in [5, 5.41) is 16.0. The molecule has 78 valence electrons. The van der Waals surface area contributed by atoms with Gasteiger partial charge in [0.25, 0.3) is 0 Å². The zero-order valence-corrected chi connectivity index (χ0v) is 9.24. The Hall–Kier alpha value is -0.130. The number of aliphatic hydroxyl groups is 1. The van der Waals surface area contributed by atoms with Gasteiger partial charge in [-0.25, -0.2) is 0 Å². The van der Waals surface area contributed by atoms with Gasteiger partial charge in [-0.3, -0.25) is 10.6 Å². The second-order valence-corrected chi connectivity index (χ2v) is 5.17. The highest BCUT2D eigenvalue weighted by Crippen LogP contribution is 2.21. The zero-order chi connectivity index (χ0) is 9.97. The second kappa shape index (κ2) is 4.59. The van der Waals surface area contributed by atoms with Crippen molar-refractivity contribution in [3.8, 4) is 0 Å². The van der Waals surface area contributed by atoms with E-state index in [2.05, 4.69) is 10.6 Å². The van der Waals surface area contributed by atoms with Crippen LogP contribution in [0.2, 0.25) is 4.34 Å². The first-order valence-electron chi connectivity index (χ1n) is 4.65. The standard InChI is InChI=1S/C9H13ClN2OS/c10-8-2-1-6(14-8)5-12-9-7(13)3-4-11-9/h1-2,7,9,11-13H,3-5H2. The molecule has 1 aromatic heterocycles. The van der Waals surface area contributed by atoms with Gasteiger partial charge in [-0.1, -0.05) is 11.6 Å². The first-order chi connectivity index (χ1) is 6.75. The van der Waals surface area contributed by atoms with E-state index in [9.17, 15) is 5.11 Å². The van der Waals surface area contributed by atoms with E-state index in [-0.39, 0.29) is 12.3 Å². The predicted octanol–water partition coefficient (Wildman–Crippen LogP) is 1.17. The summed E-state index contributed by atoms with van der Waals surface area (Å²) in [6.07, 6.45) is 0.573. The molecule has 0 aromatic carbocycles. The Kier molecular flexibility index (Phi) is 3.41. The highest BCUT2D eigenvalue weighted by Gasteiger charge is 2.23. The van der Waals surface area contributed by atoms with Gasteiger partial charge in [0.2, 0.25) is 0 Å². The molecule has 2 heterocycles. The minimum absolute atomic E-state index is 0.0240. The maximum atomic E-state index is 9.52. The summed E-state index contributed by atoms with van der Waals surface area (Å²) >= 11 is 7.38. The molecule has 0 bridgehead atoms. The van der Waals surface area contributed by atoms with Crippen LogP contribution in [0.1, 0.15) is 11.3 Å². The maximum Gasteiger partial charge on any atom is 0.0931 e. The largest absolute Gasteiger partial charge is 0.390 e. The molecule has 2 atom stereocenters. The molecular weight excluding hydrogens is 220 g/mol. The Morgan fingerprint density at radius 3 is 3.07 bits per heavy atom. The first kappa shape index (κ1) is 10.4. The summed E-state index contributed by atoms with van der Waals surface area (Å²) in [7, 11) is 0. The molecule has 1 aliphatic heterocycles. The molecule has 2 unspecified atom stereocenters. The number of rotatable bonds is 3. The van der Waals surface area contributed by atoms with E-state index in [4.69, 9.17) is 11.6 Å². The number of hydrogen-bond donors (Lipinski definition) is 3. The SMILES string of the molecule is OC1CCNC1NCc1ccc(Cl)s1. The van der Waals surface area contributed by atoms with Gasteiger partial charge in [0, 0.05) is 11.4 Å². The van der Waals surface area contributed by atoms with Crippen LogP contribution >= 0.6 is 22.9 Å². The summed E-state index contributed by atoms with van der Waals surface area (Å²) in [6, 6.07) is 3.89. The van der Waals surface area contributed by atoms with Gasteiger partial charge >= 0.3 is 0 Å². The van der Waals surface area contributed by atoms with Gasteiger partial charge in [0.1, 0.15) is 0 Å². The smallest absolute Gasteiger partial charge is 0.0931 e. The van der Waals surface area contributed by atoms with Crippen LogP contribution in [0.25, 0.3) is 0 Å². The predicted molar refractivity (Wildman–Crippen MR) is 58.6 cm³/mol. The quantitative estimate of drug-likeness (QED) is 0.733. The van der Waals surface area contributed by atoms with Crippen molar-refractivity contribution in [1.29, 1.82) is 0 Å². The number of nitrogens with one attached hydrogen (secondary N) is 2. The lowest BCUT2D eigenvalue weighted by atomic mass is 10.3. The van der Waals surface area contributed by atoms with Crippen molar-refractivity contribution in [3.05, 3.63) is 21.3 Å². The molecular formula is C9H13ClN2OS. The van der Waals surface area contributed by atoms with E-state index in [0.29, 0.717) is 0 Å². The summed E-state index contributed by atoms with van der Waals surface area (Å²) < 4.78 is 0.807. The Balaban J connectivity index is 1.82. The summed E-state index contributed by atoms with van der Waals surface area (Å²) in [6.45, 7) is 1.64. The Bertz CT molecular complexity index is 305. The fourth-order valence-electron chi connectivity index (χ4n) is 1.55. The minimum atomic E-state index is -0.273. The van der Waals surface area contributed by atoms with Gasteiger partial charge < -0.3 is 5.11 Å². The van der Waals surface area contributed by atoms with Crippen molar-refractivity contribution in [3.63, 3.8) is 0 Å². The number of thiophene rings is 1. The molecule has 0 aliphatic carbocycles. The van der Waals surface area contributed by atoms with Crippen LogP contribution in [0.3, 0.4) is 0 Å². The summed E-state index contributed by atoms with van der Waals surface area (Å²) in [5.74, 6) is 0. The average Bonchev–Trinajstić information content (AvgIpc) is 2.72. The molecule has 0 radical (unpaired) electrons. The van der Waals surface area contributed by atoms with Crippen molar-refractivity contribution in [2.75, 3.05) is 6.54 Å². The molecule has 0 saturated carbocycles. The maximum absolute atomic E-state index is 9.52. The van der Waals surface area contributed by atoms with Gasteiger partial charge in [-0.05, 0) is 25.1 Å². The summed E-state index contributed by atoms with van der Waals surface area (Å²) in [5.41, 5.74) is 0. The van der Waals surface area contributed by atoms with E-state index >= 15 is 0 Å². The minimum Gasteiger partial charge on any atom is -0.390 e. The van der Waals surface area contributed by atoms with Crippen molar-refractivity contribution in [1.82, 2.24) is 10.6 Å². The van der Waals surface area contributed by atoms with Crippen LogP contribution in [0.4, 0.5) is 0 Å². The monoisotopic (exact) mass is 232 g/mol. The lowest BCUT2D eigenvalue weighted by Gasteiger charge is -2.15. The van der Waals surface area contributed by atoms with Crippen LogP contribution < -0.4 is 10.6 Å². The van der Waals surface area contributed by atoms with Crippen molar-refractivity contribution >= 4 is 22.9 Å². The lowest BCUT2D eigenvalue weighted by Crippen LogP contribution is -2.43. The molecule has 1 fully saturated rings.